The van der Waals surface area contributed by atoms with Crippen molar-refractivity contribution in [2.24, 2.45) is 0 Å². The van der Waals surface area contributed by atoms with Crippen molar-refractivity contribution >= 4 is 16.5 Å². The van der Waals surface area contributed by atoms with Gasteiger partial charge in [-0.25, -0.2) is 4.98 Å². The van der Waals surface area contributed by atoms with Crippen LogP contribution in [0.4, 0.5) is 5.13 Å². The van der Waals surface area contributed by atoms with Gasteiger partial charge in [-0.3, -0.25) is 0 Å². The Morgan fingerprint density at radius 2 is 2.29 bits per heavy atom. The fourth-order valence-corrected chi connectivity index (χ4v) is 2.33. The van der Waals surface area contributed by atoms with Crippen LogP contribution >= 0.6 is 11.3 Å². The molecule has 2 aromatic heterocycles. The summed E-state index contributed by atoms with van der Waals surface area (Å²) in [5.41, 5.74) is 0. The number of anilines is 1. The minimum Gasteiger partial charge on any atom is -0.464 e. The fourth-order valence-electron chi connectivity index (χ4n) is 1.52. The van der Waals surface area contributed by atoms with Crippen LogP contribution in [0.5, 0.6) is 0 Å². The SMILES string of the molecule is Cc1ccc(CN(C)c2ncc(C(C)O)s2)o1. The van der Waals surface area contributed by atoms with Crippen LogP contribution in [0.2, 0.25) is 0 Å². The Kier molecular flexibility index (Phi) is 3.49. The molecule has 2 aromatic rings. The molecule has 5 heteroatoms. The molecule has 0 fully saturated rings. The zero-order valence-corrected chi connectivity index (χ0v) is 11.0. The molecule has 1 atom stereocenters. The number of aromatic nitrogens is 1. The first-order valence-corrected chi connectivity index (χ1v) is 6.28. The molecule has 0 aliphatic carbocycles. The summed E-state index contributed by atoms with van der Waals surface area (Å²) < 4.78 is 5.52. The average molecular weight is 252 g/mol. The van der Waals surface area contributed by atoms with Gasteiger partial charge < -0.3 is 14.4 Å². The van der Waals surface area contributed by atoms with Crippen molar-refractivity contribution in [2.75, 3.05) is 11.9 Å². The Balaban J connectivity index is 2.06. The Labute approximate surface area is 105 Å². The van der Waals surface area contributed by atoms with Gasteiger partial charge in [-0.05, 0) is 26.0 Å². The molecule has 0 saturated carbocycles. The number of hydrogen-bond acceptors (Lipinski definition) is 5. The van der Waals surface area contributed by atoms with E-state index in [2.05, 4.69) is 4.98 Å². The molecule has 17 heavy (non-hydrogen) atoms. The van der Waals surface area contributed by atoms with Crippen molar-refractivity contribution < 1.29 is 9.52 Å². The minimum absolute atomic E-state index is 0.458. The lowest BCUT2D eigenvalue weighted by atomic mass is 10.4. The van der Waals surface area contributed by atoms with E-state index in [1.54, 1.807) is 13.1 Å². The lowest BCUT2D eigenvalue weighted by molar-refractivity contribution is 0.203. The van der Waals surface area contributed by atoms with Gasteiger partial charge in [0, 0.05) is 13.2 Å². The number of furan rings is 1. The van der Waals surface area contributed by atoms with E-state index in [-0.39, 0.29) is 0 Å². The topological polar surface area (TPSA) is 49.5 Å². The van der Waals surface area contributed by atoms with Gasteiger partial charge in [-0.15, -0.1) is 0 Å². The van der Waals surface area contributed by atoms with Gasteiger partial charge in [-0.2, -0.15) is 0 Å². The van der Waals surface area contributed by atoms with Gasteiger partial charge in [-0.1, -0.05) is 11.3 Å². The van der Waals surface area contributed by atoms with Crippen LogP contribution in [-0.2, 0) is 6.54 Å². The highest BCUT2D eigenvalue weighted by molar-refractivity contribution is 7.15. The molecule has 0 radical (unpaired) electrons. The van der Waals surface area contributed by atoms with Gasteiger partial charge in [0.15, 0.2) is 5.13 Å². The Bertz CT molecular complexity index is 490. The molecule has 0 spiro atoms. The standard InChI is InChI=1S/C12H16N2O2S/c1-8-4-5-10(16-8)7-14(3)12-13-6-11(17-12)9(2)15/h4-6,9,15H,7H2,1-3H3. The molecular formula is C12H16N2O2S. The Morgan fingerprint density at radius 1 is 1.53 bits per heavy atom. The highest BCUT2D eigenvalue weighted by atomic mass is 32.1. The zero-order valence-electron chi connectivity index (χ0n) is 10.2. The van der Waals surface area contributed by atoms with Gasteiger partial charge in [0.05, 0.1) is 17.5 Å². The van der Waals surface area contributed by atoms with Crippen LogP contribution in [0.3, 0.4) is 0 Å². The molecule has 4 nitrogen and oxygen atoms in total. The van der Waals surface area contributed by atoms with Crippen LogP contribution in [0.1, 0.15) is 29.4 Å². The van der Waals surface area contributed by atoms with Crippen molar-refractivity contribution in [3.05, 3.63) is 34.7 Å². The number of aliphatic hydroxyl groups excluding tert-OH is 1. The number of aryl methyl sites for hydroxylation is 1. The highest BCUT2D eigenvalue weighted by Gasteiger charge is 2.11. The minimum atomic E-state index is -0.458. The molecule has 2 heterocycles. The van der Waals surface area contributed by atoms with Gasteiger partial charge >= 0.3 is 0 Å². The largest absolute Gasteiger partial charge is 0.464 e. The van der Waals surface area contributed by atoms with Crippen LogP contribution < -0.4 is 4.90 Å². The van der Waals surface area contributed by atoms with E-state index in [0.29, 0.717) is 6.54 Å². The number of thiazole rings is 1. The van der Waals surface area contributed by atoms with Crippen molar-refractivity contribution in [3.8, 4) is 0 Å². The summed E-state index contributed by atoms with van der Waals surface area (Å²) in [4.78, 5) is 7.17. The predicted molar refractivity (Wildman–Crippen MR) is 68.3 cm³/mol. The van der Waals surface area contributed by atoms with E-state index in [4.69, 9.17) is 4.42 Å². The third-order valence-corrected chi connectivity index (χ3v) is 3.72. The number of aliphatic hydroxyl groups is 1. The van der Waals surface area contributed by atoms with Crippen LogP contribution in [0.15, 0.2) is 22.7 Å². The molecular weight excluding hydrogens is 236 g/mol. The Hall–Kier alpha value is -1.33. The third kappa shape index (κ3) is 2.87. The molecule has 0 saturated heterocycles. The van der Waals surface area contributed by atoms with E-state index in [9.17, 15) is 5.11 Å². The first kappa shape index (κ1) is 12.1. The summed E-state index contributed by atoms with van der Waals surface area (Å²) in [6, 6.07) is 3.92. The zero-order chi connectivity index (χ0) is 12.4. The number of hydrogen-bond donors (Lipinski definition) is 1. The second-order valence-corrected chi connectivity index (χ2v) is 5.13. The summed E-state index contributed by atoms with van der Waals surface area (Å²) in [5.74, 6) is 1.83. The van der Waals surface area contributed by atoms with Crippen molar-refractivity contribution in [1.29, 1.82) is 0 Å². The van der Waals surface area contributed by atoms with Crippen LogP contribution in [-0.4, -0.2) is 17.1 Å². The second-order valence-electron chi connectivity index (χ2n) is 4.09. The molecule has 0 aliphatic rings. The lowest BCUT2D eigenvalue weighted by Gasteiger charge is -2.13. The van der Waals surface area contributed by atoms with Crippen molar-refractivity contribution in [3.63, 3.8) is 0 Å². The molecule has 0 amide bonds. The molecule has 1 unspecified atom stereocenters. The quantitative estimate of drug-likeness (QED) is 0.909. The van der Waals surface area contributed by atoms with E-state index >= 15 is 0 Å². The second kappa shape index (κ2) is 4.89. The average Bonchev–Trinajstić information content (AvgIpc) is 2.86. The third-order valence-electron chi connectivity index (χ3n) is 2.44. The summed E-state index contributed by atoms with van der Waals surface area (Å²) >= 11 is 1.50. The maximum absolute atomic E-state index is 9.45. The number of nitrogens with zero attached hydrogens (tertiary/aromatic N) is 2. The predicted octanol–water partition coefficient (Wildman–Crippen LogP) is 2.73. The molecule has 92 valence electrons. The van der Waals surface area contributed by atoms with Crippen molar-refractivity contribution in [1.82, 2.24) is 4.98 Å². The van der Waals surface area contributed by atoms with E-state index in [1.165, 1.54) is 11.3 Å². The monoisotopic (exact) mass is 252 g/mol. The number of rotatable bonds is 4. The van der Waals surface area contributed by atoms with E-state index in [0.717, 1.165) is 21.5 Å². The normalized spacial score (nSPS) is 12.7. The highest BCUT2D eigenvalue weighted by Crippen LogP contribution is 2.27. The molecule has 0 bridgehead atoms. The summed E-state index contributed by atoms with van der Waals surface area (Å²) in [7, 11) is 1.96. The van der Waals surface area contributed by atoms with E-state index < -0.39 is 6.10 Å². The summed E-state index contributed by atoms with van der Waals surface area (Å²) in [6.07, 6.45) is 1.26. The summed E-state index contributed by atoms with van der Waals surface area (Å²) in [5, 5.41) is 10.3. The maximum Gasteiger partial charge on any atom is 0.185 e. The molecule has 2 rings (SSSR count). The fraction of sp³-hybridized carbons (Fsp3) is 0.417. The Morgan fingerprint density at radius 3 is 2.82 bits per heavy atom. The van der Waals surface area contributed by atoms with Crippen LogP contribution in [0.25, 0.3) is 0 Å². The van der Waals surface area contributed by atoms with Gasteiger partial charge in [0.25, 0.3) is 0 Å². The lowest BCUT2D eigenvalue weighted by Crippen LogP contribution is -2.15. The maximum atomic E-state index is 9.45. The first-order valence-electron chi connectivity index (χ1n) is 5.46. The first-order chi connectivity index (χ1) is 8.06. The molecule has 0 aromatic carbocycles. The smallest absolute Gasteiger partial charge is 0.185 e. The van der Waals surface area contributed by atoms with Gasteiger partial charge in [0.2, 0.25) is 0 Å². The van der Waals surface area contributed by atoms with Gasteiger partial charge in [0.1, 0.15) is 11.5 Å². The van der Waals surface area contributed by atoms with E-state index in [1.807, 2.05) is 31.0 Å². The molecule has 0 aliphatic heterocycles. The summed E-state index contributed by atoms with van der Waals surface area (Å²) in [6.45, 7) is 4.35. The molecule has 1 N–H and O–H groups in total. The van der Waals surface area contributed by atoms with Crippen molar-refractivity contribution in [2.45, 2.75) is 26.5 Å². The van der Waals surface area contributed by atoms with Crippen LogP contribution in [0, 0.1) is 6.92 Å².